The second-order valence-electron chi connectivity index (χ2n) is 7.11. The second-order valence-corrected chi connectivity index (χ2v) is 7.11. The fraction of sp³-hybridized carbons (Fsp3) is 0.500. The summed E-state index contributed by atoms with van der Waals surface area (Å²) in [6.07, 6.45) is 9.23. The lowest BCUT2D eigenvalue weighted by Crippen LogP contribution is -2.37. The number of nitrogens with one attached hydrogen (secondary N) is 2. The lowest BCUT2D eigenvalue weighted by atomic mass is 9.86. The molecule has 1 aromatic carbocycles. The molecule has 0 aliphatic heterocycles. The smallest absolute Gasteiger partial charge is 0.251 e. The molecule has 134 valence electrons. The number of benzene rings is 1. The molecule has 5 nitrogen and oxygen atoms in total. The van der Waals surface area contributed by atoms with Gasteiger partial charge in [0.05, 0.1) is 0 Å². The molecule has 0 saturated heterocycles. The van der Waals surface area contributed by atoms with Gasteiger partial charge in [0, 0.05) is 30.3 Å². The largest absolute Gasteiger partial charge is 0.396 e. The second kappa shape index (κ2) is 8.30. The van der Waals surface area contributed by atoms with E-state index < -0.39 is 0 Å². The predicted molar refractivity (Wildman–Crippen MR) is 96.9 cm³/mol. The summed E-state index contributed by atoms with van der Waals surface area (Å²) in [5.41, 5.74) is 1.54. The first-order valence-corrected chi connectivity index (χ1v) is 9.14. The molecular weight excluding hydrogens is 316 g/mol. The van der Waals surface area contributed by atoms with Crippen molar-refractivity contribution in [3.05, 3.63) is 41.5 Å². The van der Waals surface area contributed by atoms with Crippen LogP contribution >= 0.6 is 0 Å². The minimum absolute atomic E-state index is 0.0331. The van der Waals surface area contributed by atoms with Crippen molar-refractivity contribution in [2.75, 3.05) is 6.61 Å². The zero-order valence-electron chi connectivity index (χ0n) is 14.4. The topological polar surface area (TPSA) is 78.4 Å². The number of aliphatic hydroxyl groups excluding tert-OH is 1. The van der Waals surface area contributed by atoms with E-state index in [1.54, 1.807) is 18.2 Å². The molecule has 2 amide bonds. The van der Waals surface area contributed by atoms with Gasteiger partial charge in [0.1, 0.15) is 0 Å². The molecule has 2 aliphatic carbocycles. The number of hydrogen-bond acceptors (Lipinski definition) is 3. The van der Waals surface area contributed by atoms with E-state index in [2.05, 4.69) is 10.6 Å². The molecule has 0 aromatic heterocycles. The van der Waals surface area contributed by atoms with Gasteiger partial charge < -0.3 is 15.7 Å². The average molecular weight is 342 g/mol. The molecule has 2 fully saturated rings. The molecule has 0 radical (unpaired) electrons. The van der Waals surface area contributed by atoms with E-state index in [-0.39, 0.29) is 24.5 Å². The molecule has 3 rings (SSSR count). The van der Waals surface area contributed by atoms with Crippen molar-refractivity contribution in [3.63, 3.8) is 0 Å². The van der Waals surface area contributed by atoms with Crippen LogP contribution in [0.3, 0.4) is 0 Å². The van der Waals surface area contributed by atoms with Crippen molar-refractivity contribution in [1.29, 1.82) is 0 Å². The van der Waals surface area contributed by atoms with Crippen molar-refractivity contribution in [1.82, 2.24) is 10.6 Å². The van der Waals surface area contributed by atoms with Gasteiger partial charge in [-0.3, -0.25) is 9.59 Å². The summed E-state index contributed by atoms with van der Waals surface area (Å²) < 4.78 is 0. The third-order valence-corrected chi connectivity index (χ3v) is 4.96. The molecule has 25 heavy (non-hydrogen) atoms. The first kappa shape index (κ1) is 17.7. The van der Waals surface area contributed by atoms with Crippen LogP contribution in [0, 0.1) is 5.92 Å². The first-order chi connectivity index (χ1) is 12.1. The van der Waals surface area contributed by atoms with E-state index in [0.717, 1.165) is 44.1 Å². The highest BCUT2D eigenvalue weighted by molar-refractivity contribution is 5.95. The Labute approximate surface area is 148 Å². The lowest BCUT2D eigenvalue weighted by Gasteiger charge is -2.27. The Kier molecular flexibility index (Phi) is 5.87. The molecular formula is C20H26N2O3. The number of carbonyl (C=O) groups is 2. The molecule has 3 N–H and O–H groups in total. The maximum absolute atomic E-state index is 12.0. The van der Waals surface area contributed by atoms with Crippen LogP contribution in [-0.2, 0) is 4.79 Å². The molecule has 2 aliphatic rings. The zero-order valence-corrected chi connectivity index (χ0v) is 14.4. The summed E-state index contributed by atoms with van der Waals surface area (Å²) in [5.74, 6) is 0.261. The summed E-state index contributed by atoms with van der Waals surface area (Å²) in [6, 6.07) is 7.81. The van der Waals surface area contributed by atoms with E-state index >= 15 is 0 Å². The van der Waals surface area contributed by atoms with Crippen molar-refractivity contribution < 1.29 is 14.7 Å². The Morgan fingerprint density at radius 3 is 2.16 bits per heavy atom. The van der Waals surface area contributed by atoms with Crippen molar-refractivity contribution in [2.45, 2.75) is 50.6 Å². The number of carbonyl (C=O) groups excluding carboxylic acids is 2. The van der Waals surface area contributed by atoms with E-state index in [0.29, 0.717) is 17.5 Å². The van der Waals surface area contributed by atoms with Crippen molar-refractivity contribution in [3.8, 4) is 0 Å². The summed E-state index contributed by atoms with van der Waals surface area (Å²) in [4.78, 5) is 24.0. The molecule has 0 bridgehead atoms. The maximum atomic E-state index is 12.0. The standard InChI is InChI=1S/C20H26N2O3/c23-13-15-3-8-17(9-4-15)21-19(24)12-5-14-1-6-16(7-2-14)20(25)22-18-10-11-18/h1-2,5-7,12,15,17-18,23H,3-4,8-11,13H2,(H,21,24)(H,22,25)/b12-5+. The third-order valence-electron chi connectivity index (χ3n) is 4.96. The highest BCUT2D eigenvalue weighted by Crippen LogP contribution is 2.23. The first-order valence-electron chi connectivity index (χ1n) is 9.14. The monoisotopic (exact) mass is 342 g/mol. The van der Waals surface area contributed by atoms with Crippen molar-refractivity contribution in [2.24, 2.45) is 5.92 Å². The van der Waals surface area contributed by atoms with Gasteiger partial charge in [0.25, 0.3) is 5.91 Å². The Bertz CT molecular complexity index is 627. The molecule has 0 spiro atoms. The van der Waals surface area contributed by atoms with Crippen LogP contribution in [0.1, 0.15) is 54.4 Å². The van der Waals surface area contributed by atoms with Crippen LogP contribution in [-0.4, -0.2) is 35.6 Å². The Morgan fingerprint density at radius 2 is 1.56 bits per heavy atom. The number of aliphatic hydroxyl groups is 1. The molecule has 5 heteroatoms. The van der Waals surface area contributed by atoms with Crippen molar-refractivity contribution >= 4 is 17.9 Å². The van der Waals surface area contributed by atoms with E-state index in [1.807, 2.05) is 12.1 Å². The quantitative estimate of drug-likeness (QED) is 0.694. The summed E-state index contributed by atoms with van der Waals surface area (Å²) in [7, 11) is 0. The average Bonchev–Trinajstić information content (AvgIpc) is 3.45. The normalized spacial score (nSPS) is 23.4. The molecule has 0 heterocycles. The van der Waals surface area contributed by atoms with E-state index in [9.17, 15) is 9.59 Å². The Hall–Kier alpha value is -2.14. The zero-order chi connectivity index (χ0) is 17.6. The Balaban J connectivity index is 1.46. The maximum Gasteiger partial charge on any atom is 0.251 e. The van der Waals surface area contributed by atoms with Gasteiger partial charge in [-0.25, -0.2) is 0 Å². The van der Waals surface area contributed by atoms with Gasteiger partial charge in [-0.05, 0) is 68.2 Å². The van der Waals surface area contributed by atoms with Crippen LogP contribution in [0.5, 0.6) is 0 Å². The SMILES string of the molecule is O=C(/C=C/c1ccc(C(=O)NC2CC2)cc1)NC1CCC(CO)CC1. The molecule has 2 saturated carbocycles. The minimum atomic E-state index is -0.0944. The number of rotatable bonds is 6. The fourth-order valence-electron chi connectivity index (χ4n) is 3.15. The van der Waals surface area contributed by atoms with E-state index in [1.165, 1.54) is 6.08 Å². The highest BCUT2D eigenvalue weighted by Gasteiger charge is 2.23. The van der Waals surface area contributed by atoms with Gasteiger partial charge in [-0.2, -0.15) is 0 Å². The van der Waals surface area contributed by atoms with Gasteiger partial charge in [0.15, 0.2) is 0 Å². The van der Waals surface area contributed by atoms with Gasteiger partial charge in [-0.15, -0.1) is 0 Å². The fourth-order valence-corrected chi connectivity index (χ4v) is 3.15. The van der Waals surface area contributed by atoms with E-state index in [4.69, 9.17) is 5.11 Å². The predicted octanol–water partition coefficient (Wildman–Crippen LogP) is 2.26. The summed E-state index contributed by atoms with van der Waals surface area (Å²) in [5, 5.41) is 15.1. The molecule has 0 unspecified atom stereocenters. The van der Waals surface area contributed by atoms with Crippen LogP contribution in [0.2, 0.25) is 0 Å². The number of amides is 2. The minimum Gasteiger partial charge on any atom is -0.396 e. The highest BCUT2D eigenvalue weighted by atomic mass is 16.3. The van der Waals surface area contributed by atoms with Gasteiger partial charge >= 0.3 is 0 Å². The summed E-state index contributed by atoms with van der Waals surface area (Å²) in [6.45, 7) is 0.245. The number of hydrogen-bond donors (Lipinski definition) is 3. The van der Waals surface area contributed by atoms with Crippen LogP contribution in [0.25, 0.3) is 6.08 Å². The van der Waals surface area contributed by atoms with Gasteiger partial charge in [0.2, 0.25) is 5.91 Å². The summed E-state index contributed by atoms with van der Waals surface area (Å²) >= 11 is 0. The molecule has 1 aromatic rings. The third kappa shape index (κ3) is 5.43. The van der Waals surface area contributed by atoms with Crippen LogP contribution < -0.4 is 10.6 Å². The van der Waals surface area contributed by atoms with Gasteiger partial charge in [-0.1, -0.05) is 12.1 Å². The lowest BCUT2D eigenvalue weighted by molar-refractivity contribution is -0.117. The Morgan fingerprint density at radius 1 is 0.960 bits per heavy atom. The molecule has 0 atom stereocenters. The van der Waals surface area contributed by atoms with Crippen LogP contribution in [0.4, 0.5) is 0 Å². The van der Waals surface area contributed by atoms with Crippen LogP contribution in [0.15, 0.2) is 30.3 Å².